The highest BCUT2D eigenvalue weighted by molar-refractivity contribution is 7.98. The normalized spacial score (nSPS) is 12.3. The smallest absolute Gasteiger partial charge is 0.251 e. The van der Waals surface area contributed by atoms with Gasteiger partial charge in [0.25, 0.3) is 5.91 Å². The molecule has 0 aromatic carbocycles. The number of aromatic nitrogens is 1. The van der Waals surface area contributed by atoms with Crippen molar-refractivity contribution in [3.63, 3.8) is 0 Å². The lowest BCUT2D eigenvalue weighted by Crippen LogP contribution is -2.34. The summed E-state index contributed by atoms with van der Waals surface area (Å²) in [6.07, 6.45) is 2.03. The second-order valence-electron chi connectivity index (χ2n) is 4.90. The van der Waals surface area contributed by atoms with Gasteiger partial charge in [0.1, 0.15) is 5.82 Å². The summed E-state index contributed by atoms with van der Waals surface area (Å²) in [4.78, 5) is 16.7. The summed E-state index contributed by atoms with van der Waals surface area (Å²) in [6.45, 7) is 6.15. The van der Waals surface area contributed by atoms with Crippen molar-refractivity contribution in [3.05, 3.63) is 23.4 Å². The minimum absolute atomic E-state index is 0.0395. The van der Waals surface area contributed by atoms with Gasteiger partial charge in [-0.15, -0.1) is 0 Å². The van der Waals surface area contributed by atoms with Crippen LogP contribution in [0.4, 0.5) is 5.82 Å². The molecule has 1 aromatic rings. The maximum absolute atomic E-state index is 12.2. The molecule has 0 saturated carbocycles. The van der Waals surface area contributed by atoms with Crippen LogP contribution in [0.3, 0.4) is 0 Å². The second-order valence-corrected chi connectivity index (χ2v) is 5.81. The van der Waals surface area contributed by atoms with Gasteiger partial charge in [-0.25, -0.2) is 4.98 Å². The Balaban J connectivity index is 2.92. The molecule has 1 atom stereocenters. The van der Waals surface area contributed by atoms with E-state index in [2.05, 4.69) is 29.5 Å². The van der Waals surface area contributed by atoms with Crippen LogP contribution in [0.2, 0.25) is 0 Å². The molecule has 19 heavy (non-hydrogen) atoms. The summed E-state index contributed by atoms with van der Waals surface area (Å²) in [5.74, 6) is 1.90. The second kappa shape index (κ2) is 7.38. The Morgan fingerprint density at radius 2 is 2.05 bits per heavy atom. The minimum atomic E-state index is -0.0395. The molecule has 0 radical (unpaired) electrons. The number of carbonyl (C=O) groups is 1. The first-order valence-corrected chi connectivity index (χ1v) is 7.86. The van der Waals surface area contributed by atoms with E-state index >= 15 is 0 Å². The zero-order chi connectivity index (χ0) is 14.4. The molecule has 2 N–H and O–H groups in total. The van der Waals surface area contributed by atoms with Gasteiger partial charge in [-0.2, -0.15) is 11.8 Å². The first kappa shape index (κ1) is 15.8. The first-order valence-electron chi connectivity index (χ1n) is 6.47. The van der Waals surface area contributed by atoms with Crippen molar-refractivity contribution in [2.75, 3.05) is 24.4 Å². The van der Waals surface area contributed by atoms with Crippen LogP contribution in [-0.2, 0) is 0 Å². The number of hydrogen-bond donors (Lipinski definition) is 2. The standard InChI is InChI=1S/C14H23N3OS/c1-9(2)12-6-11(7-13(15-4)17-12)14(18)16-10(3)8-19-5/h6-7,9-10H,8H2,1-5H3,(H,15,17)(H,16,18). The zero-order valence-electron chi connectivity index (χ0n) is 12.3. The van der Waals surface area contributed by atoms with E-state index in [9.17, 15) is 4.79 Å². The van der Waals surface area contributed by atoms with E-state index in [1.165, 1.54) is 0 Å². The lowest BCUT2D eigenvalue weighted by Gasteiger charge is -2.14. The highest BCUT2D eigenvalue weighted by Gasteiger charge is 2.13. The van der Waals surface area contributed by atoms with Crippen molar-refractivity contribution < 1.29 is 4.79 Å². The van der Waals surface area contributed by atoms with Crippen molar-refractivity contribution in [2.45, 2.75) is 32.7 Å². The fourth-order valence-electron chi connectivity index (χ4n) is 1.71. The molecule has 0 fully saturated rings. The third kappa shape index (κ3) is 4.74. The van der Waals surface area contributed by atoms with Crippen molar-refractivity contribution in [1.82, 2.24) is 10.3 Å². The fourth-order valence-corrected chi connectivity index (χ4v) is 2.29. The van der Waals surface area contributed by atoms with E-state index in [-0.39, 0.29) is 11.9 Å². The molecule has 106 valence electrons. The lowest BCUT2D eigenvalue weighted by molar-refractivity contribution is 0.0943. The molecule has 0 bridgehead atoms. The zero-order valence-corrected chi connectivity index (χ0v) is 13.1. The van der Waals surface area contributed by atoms with Crippen LogP contribution >= 0.6 is 11.8 Å². The van der Waals surface area contributed by atoms with Crippen LogP contribution in [0.25, 0.3) is 0 Å². The van der Waals surface area contributed by atoms with Crippen molar-refractivity contribution in [3.8, 4) is 0 Å². The first-order chi connectivity index (χ1) is 8.97. The van der Waals surface area contributed by atoms with E-state index in [1.807, 2.05) is 26.3 Å². The Kier molecular flexibility index (Phi) is 6.15. The van der Waals surface area contributed by atoms with Crippen molar-refractivity contribution in [1.29, 1.82) is 0 Å². The summed E-state index contributed by atoms with van der Waals surface area (Å²) >= 11 is 1.72. The van der Waals surface area contributed by atoms with Gasteiger partial charge in [0, 0.05) is 30.1 Å². The monoisotopic (exact) mass is 281 g/mol. The molecule has 1 unspecified atom stereocenters. The molecule has 1 rings (SSSR count). The number of thioether (sulfide) groups is 1. The molecule has 1 heterocycles. The Morgan fingerprint density at radius 1 is 1.37 bits per heavy atom. The molecule has 1 amide bonds. The van der Waals surface area contributed by atoms with E-state index in [1.54, 1.807) is 17.8 Å². The molecule has 0 saturated heterocycles. The van der Waals surface area contributed by atoms with Gasteiger partial charge in [-0.05, 0) is 31.2 Å². The predicted octanol–water partition coefficient (Wildman–Crippen LogP) is 2.73. The quantitative estimate of drug-likeness (QED) is 0.842. The Morgan fingerprint density at radius 3 is 2.58 bits per heavy atom. The van der Waals surface area contributed by atoms with Crippen LogP contribution in [0.1, 0.15) is 42.7 Å². The van der Waals surface area contributed by atoms with Gasteiger partial charge < -0.3 is 10.6 Å². The number of rotatable bonds is 6. The summed E-state index contributed by atoms with van der Waals surface area (Å²) in [5.41, 5.74) is 1.59. The molecule has 1 aromatic heterocycles. The van der Waals surface area contributed by atoms with E-state index in [4.69, 9.17) is 0 Å². The number of amides is 1. The van der Waals surface area contributed by atoms with Crippen molar-refractivity contribution in [2.24, 2.45) is 0 Å². The van der Waals surface area contributed by atoms with Crippen LogP contribution in [-0.4, -0.2) is 36.0 Å². The third-order valence-corrected chi connectivity index (χ3v) is 3.58. The van der Waals surface area contributed by atoms with Crippen LogP contribution in [0.15, 0.2) is 12.1 Å². The van der Waals surface area contributed by atoms with Gasteiger partial charge in [0.2, 0.25) is 0 Å². The number of hydrogen-bond acceptors (Lipinski definition) is 4. The number of carbonyl (C=O) groups excluding carboxylic acids is 1. The summed E-state index contributed by atoms with van der Waals surface area (Å²) in [5, 5.41) is 6.00. The van der Waals surface area contributed by atoms with E-state index in [0.717, 1.165) is 17.3 Å². The predicted molar refractivity (Wildman–Crippen MR) is 83.2 cm³/mol. The molecule has 0 spiro atoms. The molecular weight excluding hydrogens is 258 g/mol. The van der Waals surface area contributed by atoms with Gasteiger partial charge in [0.15, 0.2) is 0 Å². The lowest BCUT2D eigenvalue weighted by atomic mass is 10.1. The summed E-state index contributed by atoms with van der Waals surface area (Å²) < 4.78 is 0. The highest BCUT2D eigenvalue weighted by atomic mass is 32.2. The maximum Gasteiger partial charge on any atom is 0.251 e. The topological polar surface area (TPSA) is 54.0 Å². The van der Waals surface area contributed by atoms with E-state index in [0.29, 0.717) is 11.5 Å². The number of pyridine rings is 1. The Bertz CT molecular complexity index is 435. The fraction of sp³-hybridized carbons (Fsp3) is 0.571. The van der Waals surface area contributed by atoms with Gasteiger partial charge >= 0.3 is 0 Å². The number of nitrogens with one attached hydrogen (secondary N) is 2. The SMILES string of the molecule is CNc1cc(C(=O)NC(C)CSC)cc(C(C)C)n1. The van der Waals surface area contributed by atoms with E-state index < -0.39 is 0 Å². The van der Waals surface area contributed by atoms with Crippen molar-refractivity contribution >= 4 is 23.5 Å². The average molecular weight is 281 g/mol. The van der Waals surface area contributed by atoms with Crippen LogP contribution < -0.4 is 10.6 Å². The largest absolute Gasteiger partial charge is 0.373 e. The maximum atomic E-state index is 12.2. The molecule has 4 nitrogen and oxygen atoms in total. The van der Waals surface area contributed by atoms with Crippen LogP contribution in [0.5, 0.6) is 0 Å². The van der Waals surface area contributed by atoms with Crippen LogP contribution in [0, 0.1) is 0 Å². The van der Waals surface area contributed by atoms with Gasteiger partial charge in [-0.3, -0.25) is 4.79 Å². The Labute approximate surface area is 119 Å². The third-order valence-electron chi connectivity index (χ3n) is 2.75. The average Bonchev–Trinajstić information content (AvgIpc) is 2.38. The Hall–Kier alpha value is -1.23. The summed E-state index contributed by atoms with van der Waals surface area (Å²) in [6, 6.07) is 3.82. The highest BCUT2D eigenvalue weighted by Crippen LogP contribution is 2.17. The molecule has 0 aliphatic rings. The van der Waals surface area contributed by atoms with Gasteiger partial charge in [0.05, 0.1) is 0 Å². The molecule has 0 aliphatic carbocycles. The van der Waals surface area contributed by atoms with Gasteiger partial charge in [-0.1, -0.05) is 13.8 Å². The number of anilines is 1. The number of nitrogens with zero attached hydrogens (tertiary/aromatic N) is 1. The molecule has 0 aliphatic heterocycles. The molecular formula is C14H23N3OS. The molecule has 5 heteroatoms. The minimum Gasteiger partial charge on any atom is -0.373 e. The summed E-state index contributed by atoms with van der Waals surface area (Å²) in [7, 11) is 1.81.